The van der Waals surface area contributed by atoms with Crippen LogP contribution in [0.2, 0.25) is 0 Å². The number of sulfonamides is 1. The minimum atomic E-state index is -4.21. The quantitative estimate of drug-likeness (QED) is 0.182. The van der Waals surface area contributed by atoms with Gasteiger partial charge in [-0.3, -0.25) is 4.98 Å². The van der Waals surface area contributed by atoms with Crippen LogP contribution in [0.25, 0.3) is 33.4 Å². The highest BCUT2D eigenvalue weighted by atomic mass is 32.2. The van der Waals surface area contributed by atoms with Crippen LogP contribution in [0, 0.1) is 5.82 Å². The second kappa shape index (κ2) is 11.5. The second-order valence-electron chi connectivity index (χ2n) is 9.35. The zero-order valence-corrected chi connectivity index (χ0v) is 23.9. The maximum absolute atomic E-state index is 13.5. The number of fused-ring (bicyclic) bond motifs is 1. The van der Waals surface area contributed by atoms with Gasteiger partial charge < -0.3 is 20.1 Å². The molecule has 0 atom stereocenters. The largest absolute Gasteiger partial charge is 0.480 e. The number of rotatable bonds is 9. The number of nitrogens with one attached hydrogen (secondary N) is 3. The van der Waals surface area contributed by atoms with Crippen LogP contribution in [0.15, 0.2) is 78.0 Å². The first-order valence-electron chi connectivity index (χ1n) is 12.8. The molecule has 14 nitrogen and oxygen atoms in total. The molecular weight excluding hydrogens is 591 g/mol. The number of primary sulfonamides is 1. The number of nitrogens with zero attached hydrogens (tertiary/aromatic N) is 6. The Labute approximate surface area is 249 Å². The zero-order valence-electron chi connectivity index (χ0n) is 23.1. The molecule has 222 valence electrons. The summed E-state index contributed by atoms with van der Waals surface area (Å²) in [5, 5.41) is 26.7. The molecule has 0 aliphatic rings. The Bertz CT molecular complexity index is 2090. The van der Waals surface area contributed by atoms with Gasteiger partial charge in [-0.1, -0.05) is 12.1 Å². The SMILES string of the molecule is COc1ncc(-c2ccc3c(Nc4cc(Nc5ccc(F)cc5)cc(-c5nn[nH]n5)c4)c(S(N)(=O)=O)cnc3c2)c(OC)n1. The molecule has 6 aromatic rings. The third-order valence-corrected chi connectivity index (χ3v) is 7.42. The van der Waals surface area contributed by atoms with Gasteiger partial charge in [-0.05, 0) is 59.3 Å². The minimum absolute atomic E-state index is 0.144. The van der Waals surface area contributed by atoms with Crippen molar-refractivity contribution in [3.05, 3.63) is 78.9 Å². The lowest BCUT2D eigenvalue weighted by Gasteiger charge is -2.17. The van der Waals surface area contributed by atoms with Crippen LogP contribution in [0.1, 0.15) is 0 Å². The van der Waals surface area contributed by atoms with Crippen LogP contribution in [0.4, 0.5) is 27.1 Å². The number of anilines is 4. The molecule has 0 bridgehead atoms. The van der Waals surface area contributed by atoms with E-state index in [9.17, 15) is 12.8 Å². The molecular formula is C28H23FN10O4S. The van der Waals surface area contributed by atoms with Crippen molar-refractivity contribution in [2.45, 2.75) is 4.90 Å². The monoisotopic (exact) mass is 614 g/mol. The summed E-state index contributed by atoms with van der Waals surface area (Å²) in [4.78, 5) is 12.6. The molecule has 3 heterocycles. The molecule has 16 heteroatoms. The number of H-pyrrole nitrogens is 1. The number of aromatic nitrogens is 7. The number of tetrazole rings is 1. The molecule has 0 unspecified atom stereocenters. The van der Waals surface area contributed by atoms with Crippen LogP contribution in [-0.4, -0.2) is 58.2 Å². The van der Waals surface area contributed by atoms with Crippen LogP contribution in [-0.2, 0) is 10.0 Å². The van der Waals surface area contributed by atoms with Crippen molar-refractivity contribution in [2.24, 2.45) is 5.14 Å². The Kier molecular flexibility index (Phi) is 7.42. The number of hydrogen-bond acceptors (Lipinski definition) is 12. The summed E-state index contributed by atoms with van der Waals surface area (Å²) < 4.78 is 49.4. The molecule has 0 saturated heterocycles. The number of hydrogen-bond donors (Lipinski definition) is 4. The molecule has 5 N–H and O–H groups in total. The average molecular weight is 615 g/mol. The standard InChI is InChI=1S/C28H23FN10O4S/c1-42-27-22(13-32-28(35-27)43-2)15-3-8-21-23(11-15)31-14-24(44(30,40)41)25(21)34-20-10-16(26-36-38-39-37-26)9-19(12-20)33-18-6-4-17(29)5-7-18/h3-14,33H,1-2H3,(H,31,34)(H2,30,40,41)(H,36,37,38,39). The van der Waals surface area contributed by atoms with Crippen molar-refractivity contribution in [3.8, 4) is 34.4 Å². The van der Waals surface area contributed by atoms with Gasteiger partial charge in [-0.25, -0.2) is 22.9 Å². The van der Waals surface area contributed by atoms with Crippen molar-refractivity contribution in [1.82, 2.24) is 35.6 Å². The second-order valence-corrected chi connectivity index (χ2v) is 10.9. The van der Waals surface area contributed by atoms with E-state index in [2.05, 4.69) is 46.2 Å². The third-order valence-electron chi connectivity index (χ3n) is 6.50. The normalized spacial score (nSPS) is 11.4. The molecule has 0 amide bonds. The summed E-state index contributed by atoms with van der Waals surface area (Å²) in [6.45, 7) is 0. The van der Waals surface area contributed by atoms with Crippen LogP contribution >= 0.6 is 0 Å². The maximum atomic E-state index is 13.5. The van der Waals surface area contributed by atoms with Gasteiger partial charge in [0.15, 0.2) is 0 Å². The fourth-order valence-corrected chi connectivity index (χ4v) is 5.16. The Morgan fingerprint density at radius 1 is 0.864 bits per heavy atom. The first-order valence-corrected chi connectivity index (χ1v) is 14.4. The molecule has 3 aromatic heterocycles. The van der Waals surface area contributed by atoms with Crippen molar-refractivity contribution in [2.75, 3.05) is 24.9 Å². The predicted molar refractivity (Wildman–Crippen MR) is 160 cm³/mol. The summed E-state index contributed by atoms with van der Waals surface area (Å²) in [7, 11) is -1.28. The number of pyridine rings is 1. The number of aromatic amines is 1. The molecule has 3 aromatic carbocycles. The van der Waals surface area contributed by atoms with Crippen molar-refractivity contribution < 1.29 is 22.3 Å². The van der Waals surface area contributed by atoms with E-state index in [0.29, 0.717) is 50.5 Å². The van der Waals surface area contributed by atoms with E-state index in [1.54, 1.807) is 54.7 Å². The van der Waals surface area contributed by atoms with Gasteiger partial charge in [0.05, 0.1) is 31.0 Å². The van der Waals surface area contributed by atoms with E-state index >= 15 is 0 Å². The van der Waals surface area contributed by atoms with E-state index in [0.717, 1.165) is 0 Å². The van der Waals surface area contributed by atoms with Gasteiger partial charge in [0.25, 0.3) is 0 Å². The molecule has 0 aliphatic carbocycles. The number of benzene rings is 3. The first-order chi connectivity index (χ1) is 21.2. The van der Waals surface area contributed by atoms with Gasteiger partial charge in [-0.15, -0.1) is 10.2 Å². The summed E-state index contributed by atoms with van der Waals surface area (Å²) in [6, 6.07) is 16.4. The zero-order chi connectivity index (χ0) is 30.8. The lowest BCUT2D eigenvalue weighted by molar-refractivity contribution is 0.353. The van der Waals surface area contributed by atoms with Gasteiger partial charge >= 0.3 is 6.01 Å². The smallest absolute Gasteiger partial charge is 0.319 e. The predicted octanol–water partition coefficient (Wildman–Crippen LogP) is 4.16. The molecule has 44 heavy (non-hydrogen) atoms. The minimum Gasteiger partial charge on any atom is -0.480 e. The highest BCUT2D eigenvalue weighted by molar-refractivity contribution is 7.89. The van der Waals surface area contributed by atoms with Gasteiger partial charge in [-0.2, -0.15) is 10.2 Å². The number of methoxy groups -OCH3 is 2. The summed E-state index contributed by atoms with van der Waals surface area (Å²) in [6.07, 6.45) is 2.75. The van der Waals surface area contributed by atoms with Gasteiger partial charge in [0.1, 0.15) is 10.7 Å². The fourth-order valence-electron chi connectivity index (χ4n) is 4.52. The Hall–Kier alpha value is -5.74. The van der Waals surface area contributed by atoms with Crippen LogP contribution in [0.3, 0.4) is 0 Å². The van der Waals surface area contributed by atoms with Crippen LogP contribution < -0.4 is 25.2 Å². The summed E-state index contributed by atoms with van der Waals surface area (Å²) in [5.41, 5.74) is 4.10. The first kappa shape index (κ1) is 28.4. The lowest BCUT2D eigenvalue weighted by atomic mass is 10.0. The van der Waals surface area contributed by atoms with E-state index in [1.165, 1.54) is 32.5 Å². The molecule has 0 radical (unpaired) electrons. The topological polar surface area (TPSA) is 196 Å². The molecule has 0 fully saturated rings. The summed E-state index contributed by atoms with van der Waals surface area (Å²) >= 11 is 0. The Balaban J connectivity index is 1.47. The Morgan fingerprint density at radius 2 is 1.64 bits per heavy atom. The summed E-state index contributed by atoms with van der Waals surface area (Å²) in [5.74, 6) is 0.206. The van der Waals surface area contributed by atoms with E-state index < -0.39 is 10.0 Å². The average Bonchev–Trinajstić information content (AvgIpc) is 3.56. The molecule has 0 saturated carbocycles. The lowest BCUT2D eigenvalue weighted by Crippen LogP contribution is -2.15. The highest BCUT2D eigenvalue weighted by Gasteiger charge is 2.20. The maximum Gasteiger partial charge on any atom is 0.319 e. The van der Waals surface area contributed by atoms with Crippen molar-refractivity contribution in [1.29, 1.82) is 0 Å². The molecule has 0 aliphatic heterocycles. The van der Waals surface area contributed by atoms with Crippen molar-refractivity contribution >= 4 is 43.7 Å². The van der Waals surface area contributed by atoms with Gasteiger partial charge in [0.2, 0.25) is 21.7 Å². The van der Waals surface area contributed by atoms with E-state index in [-0.39, 0.29) is 28.3 Å². The number of halogens is 1. The van der Waals surface area contributed by atoms with Gasteiger partial charge in [0, 0.05) is 40.4 Å². The highest BCUT2D eigenvalue weighted by Crippen LogP contribution is 2.37. The number of ether oxygens (including phenoxy) is 2. The van der Waals surface area contributed by atoms with Crippen LogP contribution in [0.5, 0.6) is 11.9 Å². The Morgan fingerprint density at radius 3 is 2.32 bits per heavy atom. The number of nitrogens with two attached hydrogens (primary N) is 1. The van der Waals surface area contributed by atoms with E-state index in [1.807, 2.05) is 0 Å². The molecule has 0 spiro atoms. The molecule has 6 rings (SSSR count). The van der Waals surface area contributed by atoms with Crippen molar-refractivity contribution in [3.63, 3.8) is 0 Å². The fraction of sp³-hybridized carbons (Fsp3) is 0.0714. The van der Waals surface area contributed by atoms with E-state index in [4.69, 9.17) is 14.6 Å². The third kappa shape index (κ3) is 5.79.